The summed E-state index contributed by atoms with van der Waals surface area (Å²) in [5.41, 5.74) is 0.745. The third-order valence-corrected chi connectivity index (χ3v) is 4.90. The summed E-state index contributed by atoms with van der Waals surface area (Å²) >= 11 is 1.14. The fourth-order valence-corrected chi connectivity index (χ4v) is 3.48. The summed E-state index contributed by atoms with van der Waals surface area (Å²) in [6.45, 7) is 7.41. The van der Waals surface area contributed by atoms with Crippen molar-refractivity contribution in [3.05, 3.63) is 34.2 Å². The van der Waals surface area contributed by atoms with Crippen molar-refractivity contribution < 1.29 is 13.9 Å². The molecule has 1 atom stereocenters. The van der Waals surface area contributed by atoms with Crippen molar-refractivity contribution in [1.82, 2.24) is 19.8 Å². The number of furan rings is 1. The highest BCUT2D eigenvalue weighted by Crippen LogP contribution is 2.23. The number of morpholine rings is 1. The summed E-state index contributed by atoms with van der Waals surface area (Å²) in [4.78, 5) is 15.3. The van der Waals surface area contributed by atoms with Crippen LogP contribution in [0.4, 0.5) is 0 Å². The second-order valence-electron chi connectivity index (χ2n) is 5.72. The number of nitrogens with one attached hydrogen (secondary N) is 1. The molecule has 0 radical (unpaired) electrons. The molecule has 3 rings (SSSR count). The zero-order chi connectivity index (χ0) is 16.9. The molecule has 24 heavy (non-hydrogen) atoms. The van der Waals surface area contributed by atoms with Crippen molar-refractivity contribution in [3.8, 4) is 0 Å². The molecule has 7 nitrogen and oxygen atoms in total. The molecule has 1 aliphatic rings. The van der Waals surface area contributed by atoms with Crippen LogP contribution < -0.4 is 5.32 Å². The van der Waals surface area contributed by atoms with E-state index in [1.54, 1.807) is 0 Å². The first-order valence-corrected chi connectivity index (χ1v) is 8.94. The molecule has 0 saturated carbocycles. The van der Waals surface area contributed by atoms with Crippen LogP contribution in [0.3, 0.4) is 0 Å². The number of amides is 1. The second-order valence-corrected chi connectivity index (χ2v) is 6.48. The lowest BCUT2D eigenvalue weighted by Crippen LogP contribution is -2.43. The van der Waals surface area contributed by atoms with Crippen LogP contribution in [-0.4, -0.2) is 53.2 Å². The molecule has 2 aromatic heterocycles. The van der Waals surface area contributed by atoms with Gasteiger partial charge in [0.15, 0.2) is 0 Å². The van der Waals surface area contributed by atoms with Crippen LogP contribution in [0.5, 0.6) is 0 Å². The second kappa shape index (κ2) is 7.87. The van der Waals surface area contributed by atoms with Gasteiger partial charge in [0.1, 0.15) is 16.4 Å². The molecular weight excluding hydrogens is 328 g/mol. The van der Waals surface area contributed by atoms with E-state index in [2.05, 4.69) is 19.8 Å². The molecule has 1 amide bonds. The lowest BCUT2D eigenvalue weighted by atomic mass is 10.1. The van der Waals surface area contributed by atoms with Gasteiger partial charge in [-0.15, -0.1) is 5.10 Å². The van der Waals surface area contributed by atoms with Gasteiger partial charge in [0.05, 0.1) is 24.9 Å². The fraction of sp³-hybridized carbons (Fsp3) is 0.562. The maximum Gasteiger partial charge on any atom is 0.265 e. The van der Waals surface area contributed by atoms with Gasteiger partial charge in [-0.2, -0.15) is 0 Å². The predicted octanol–water partition coefficient (Wildman–Crippen LogP) is 1.81. The van der Waals surface area contributed by atoms with E-state index < -0.39 is 0 Å². The Bertz CT molecular complexity index is 678. The van der Waals surface area contributed by atoms with Crippen molar-refractivity contribution in [3.63, 3.8) is 0 Å². The van der Waals surface area contributed by atoms with E-state index in [0.717, 1.165) is 41.8 Å². The topological polar surface area (TPSA) is 80.5 Å². The third-order valence-electron chi connectivity index (χ3n) is 4.13. The lowest BCUT2D eigenvalue weighted by Gasteiger charge is -2.33. The number of rotatable bonds is 6. The Hall–Kier alpha value is -1.77. The largest absolute Gasteiger partial charge is 0.465 e. The number of aryl methyl sites for hydroxylation is 2. The van der Waals surface area contributed by atoms with Crippen molar-refractivity contribution in [2.45, 2.75) is 26.3 Å². The molecule has 130 valence electrons. The Labute approximate surface area is 145 Å². The molecule has 1 fully saturated rings. The van der Waals surface area contributed by atoms with Gasteiger partial charge in [-0.05, 0) is 37.0 Å². The Morgan fingerprint density at radius 3 is 2.88 bits per heavy atom. The highest BCUT2D eigenvalue weighted by molar-refractivity contribution is 7.08. The van der Waals surface area contributed by atoms with Crippen LogP contribution in [0, 0.1) is 6.92 Å². The van der Waals surface area contributed by atoms with Gasteiger partial charge in [0.2, 0.25) is 0 Å². The SMILES string of the molecule is CCc1nnsc1C(=O)NCC(c1ccc(C)o1)N1CCOCC1. The molecule has 0 bridgehead atoms. The number of hydrogen-bond acceptors (Lipinski definition) is 7. The first-order valence-electron chi connectivity index (χ1n) is 8.16. The highest BCUT2D eigenvalue weighted by Gasteiger charge is 2.26. The lowest BCUT2D eigenvalue weighted by molar-refractivity contribution is 0.0117. The monoisotopic (exact) mass is 350 g/mol. The van der Waals surface area contributed by atoms with Crippen molar-refractivity contribution in [1.29, 1.82) is 0 Å². The Kier molecular flexibility index (Phi) is 5.60. The summed E-state index contributed by atoms with van der Waals surface area (Å²) < 4.78 is 15.1. The Morgan fingerprint density at radius 1 is 1.42 bits per heavy atom. The van der Waals surface area contributed by atoms with Gasteiger partial charge in [0, 0.05) is 19.6 Å². The van der Waals surface area contributed by atoms with Crippen LogP contribution in [0.1, 0.15) is 39.9 Å². The number of carbonyl (C=O) groups is 1. The molecule has 1 unspecified atom stereocenters. The molecule has 1 aliphatic heterocycles. The van der Waals surface area contributed by atoms with Gasteiger partial charge < -0.3 is 14.5 Å². The average molecular weight is 350 g/mol. The molecule has 0 spiro atoms. The summed E-state index contributed by atoms with van der Waals surface area (Å²) in [5, 5.41) is 7.01. The Morgan fingerprint density at radius 2 is 2.21 bits per heavy atom. The summed E-state index contributed by atoms with van der Waals surface area (Å²) in [6.07, 6.45) is 0.698. The van der Waals surface area contributed by atoms with Crippen molar-refractivity contribution in [2.24, 2.45) is 0 Å². The quantitative estimate of drug-likeness (QED) is 0.856. The molecule has 0 aliphatic carbocycles. The number of ether oxygens (including phenoxy) is 1. The van der Waals surface area contributed by atoms with Gasteiger partial charge in [-0.3, -0.25) is 9.69 Å². The summed E-state index contributed by atoms with van der Waals surface area (Å²) in [5.74, 6) is 1.62. The first kappa shape index (κ1) is 17.1. The third kappa shape index (κ3) is 3.82. The fourth-order valence-electron chi connectivity index (χ4n) is 2.81. The molecule has 8 heteroatoms. The predicted molar refractivity (Wildman–Crippen MR) is 90.2 cm³/mol. The maximum atomic E-state index is 12.5. The zero-order valence-electron chi connectivity index (χ0n) is 13.9. The molecule has 1 saturated heterocycles. The summed E-state index contributed by atoms with van der Waals surface area (Å²) in [6, 6.07) is 3.93. The van der Waals surface area contributed by atoms with Crippen LogP contribution in [0.25, 0.3) is 0 Å². The maximum absolute atomic E-state index is 12.5. The van der Waals surface area contributed by atoms with Crippen LogP contribution >= 0.6 is 11.5 Å². The minimum Gasteiger partial charge on any atom is -0.465 e. The summed E-state index contributed by atoms with van der Waals surface area (Å²) in [7, 11) is 0. The first-order chi connectivity index (χ1) is 11.7. The van der Waals surface area contributed by atoms with Crippen LogP contribution in [-0.2, 0) is 11.2 Å². The average Bonchev–Trinajstić information content (AvgIpc) is 3.24. The van der Waals surface area contributed by atoms with Crippen molar-refractivity contribution in [2.75, 3.05) is 32.8 Å². The zero-order valence-corrected chi connectivity index (χ0v) is 14.8. The van der Waals surface area contributed by atoms with E-state index in [4.69, 9.17) is 9.15 Å². The number of hydrogen-bond donors (Lipinski definition) is 1. The van der Waals surface area contributed by atoms with Gasteiger partial charge >= 0.3 is 0 Å². The molecule has 3 heterocycles. The van der Waals surface area contributed by atoms with E-state index in [-0.39, 0.29) is 11.9 Å². The van der Waals surface area contributed by atoms with Gasteiger partial charge in [0.25, 0.3) is 5.91 Å². The van der Waals surface area contributed by atoms with Gasteiger partial charge in [-0.1, -0.05) is 11.4 Å². The molecule has 0 aromatic carbocycles. The van der Waals surface area contributed by atoms with E-state index in [9.17, 15) is 4.79 Å². The Balaban J connectivity index is 1.70. The van der Waals surface area contributed by atoms with Crippen molar-refractivity contribution >= 4 is 17.4 Å². The minimum atomic E-state index is -0.122. The molecule has 2 aromatic rings. The smallest absolute Gasteiger partial charge is 0.265 e. The van der Waals surface area contributed by atoms with Crippen LogP contribution in [0.2, 0.25) is 0 Å². The van der Waals surface area contributed by atoms with E-state index >= 15 is 0 Å². The van der Waals surface area contributed by atoms with Gasteiger partial charge in [-0.25, -0.2) is 0 Å². The number of carbonyl (C=O) groups excluding carboxylic acids is 1. The number of nitrogens with zero attached hydrogens (tertiary/aromatic N) is 3. The normalized spacial score (nSPS) is 16.9. The van der Waals surface area contributed by atoms with Crippen LogP contribution in [0.15, 0.2) is 16.5 Å². The molecule has 1 N–H and O–H groups in total. The van der Waals surface area contributed by atoms with E-state index in [1.807, 2.05) is 26.0 Å². The van der Waals surface area contributed by atoms with E-state index in [1.165, 1.54) is 0 Å². The standard InChI is InChI=1S/C16H22N4O3S/c1-3-12-15(24-19-18-12)16(21)17-10-13(14-5-4-11(2)23-14)20-6-8-22-9-7-20/h4-5,13H,3,6-10H2,1-2H3,(H,17,21). The molecular formula is C16H22N4O3S. The number of aromatic nitrogens is 2. The van der Waals surface area contributed by atoms with E-state index in [0.29, 0.717) is 31.1 Å². The minimum absolute atomic E-state index is 0.00231. The highest BCUT2D eigenvalue weighted by atomic mass is 32.1.